The molecule has 0 amide bonds. The van der Waals surface area contributed by atoms with Gasteiger partial charge < -0.3 is 23.5 Å². The van der Waals surface area contributed by atoms with Crippen LogP contribution in [0.15, 0.2) is 400 Å². The minimum atomic E-state index is -1.23. The maximum absolute atomic E-state index is 12.3. The molecule has 5 heterocycles. The predicted octanol–water partition coefficient (Wildman–Crippen LogP) is 31.9. The fourth-order valence-corrected chi connectivity index (χ4v) is 19.3. The van der Waals surface area contributed by atoms with Gasteiger partial charge in [-0.2, -0.15) is 0 Å². The maximum atomic E-state index is 12.3. The molecule has 3 aromatic heterocycles. The number of aromatic nitrogens is 3. The van der Waals surface area contributed by atoms with Gasteiger partial charge in [0.15, 0.2) is 0 Å². The third-order valence-corrected chi connectivity index (χ3v) is 26.0. The van der Waals surface area contributed by atoms with E-state index in [1.165, 1.54) is 0 Å². The molecule has 21 aromatic rings. The highest BCUT2D eigenvalue weighted by Gasteiger charge is 2.46. The lowest BCUT2D eigenvalue weighted by atomic mass is 9.33. The van der Waals surface area contributed by atoms with Gasteiger partial charge >= 0.3 is 0 Å². The molecule has 0 bridgehead atoms. The molecule has 0 N–H and O–H groups in total. The number of hydrogen-bond donors (Lipinski definition) is 0. The monoisotopic (exact) mass is 1690 g/mol. The van der Waals surface area contributed by atoms with Gasteiger partial charge in [0.2, 0.25) is 0 Å². The van der Waals surface area contributed by atoms with Gasteiger partial charge in [-0.1, -0.05) is 362 Å². The van der Waals surface area contributed by atoms with Crippen LogP contribution in [0.5, 0.6) is 0 Å². The minimum Gasteiger partial charge on any atom is -0.311 e. The van der Waals surface area contributed by atoms with Gasteiger partial charge in [0.25, 0.3) is 6.71 Å². The second-order valence-electron chi connectivity index (χ2n) is 38.7. The molecule has 0 unspecified atom stereocenters. The van der Waals surface area contributed by atoms with Crippen LogP contribution >= 0.6 is 0 Å². The SMILES string of the molecule is [2H]c1cc2c(c([2H])c1-n1c3c([2H])c(C(C)(C)C)c([2H])c([2H])c3c3c([2H])c([2H])c(C(C)(C)C)c([2H])c31)N(c1cc(-c3ccccc3)cc(-c3cccc(-c4cccc(-c5ccccc5)c4)c3)c1)c1cc(-c3ccc4c(c3)c3ccccc3n4-c3ccccc3)cc3c1B2c1cc([2H])c(-n2c4c([2H])c(C(C)(C)C)c([2H])c([2H])c4c4c([2H])c([2H])c(C(C)(C)C)c([2H])c42)c([2H])c1N3c1c(-c2ccccc2)cccc1-c1ccccc1. The smallest absolute Gasteiger partial charge is 0.252 e. The second-order valence-corrected chi connectivity index (χ2v) is 38.7. The van der Waals surface area contributed by atoms with E-state index in [-0.39, 0.29) is 185 Å². The van der Waals surface area contributed by atoms with Crippen molar-refractivity contribution in [3.63, 3.8) is 0 Å². The molecular weight excluding hydrogens is 1570 g/mol. The molecule has 130 heavy (non-hydrogen) atoms. The standard InChI is InChI=1S/C124H102BN5/c1-121(2,3)91-52-58-102-103-59-53-92(122(4,5)6)74-112(103)127(111(102)73-91)96-56-62-107-115(77-96)129(98-68-88(80-35-20-14-21-36-80)67-89(69-98)86-44-31-43-85(66-86)84-42-30-41-83(65-84)79-33-18-13-19-34-79)117-71-90(87-51-64-110-106(70-87)101-47-28-29-50-109(101)126(110)95-45-26-17-27-46-95)72-118-119(117)125(107)108-63-57-97(128-113-75-93(123(7,8)9)54-60-104(113)105-61-55-94(76-114(105)128)124(10,11)12)78-116(108)130(118)120-99(81-37-22-15-23-38-81)48-32-49-100(120)82-39-24-16-25-40-82/h13-78H,1-12H3/i52D,53D,54D,55D,56D,57D,58D,59D,60D,61D,73D,74D,75D,76D,77D,78D. The van der Waals surface area contributed by atoms with E-state index >= 15 is 0 Å². The molecule has 0 atom stereocenters. The van der Waals surface area contributed by atoms with Gasteiger partial charge in [0.1, 0.15) is 0 Å². The molecule has 0 radical (unpaired) electrons. The molecule has 2 aliphatic heterocycles. The molecule has 5 nitrogen and oxygen atoms in total. The van der Waals surface area contributed by atoms with E-state index in [1.807, 2.05) is 192 Å². The predicted molar refractivity (Wildman–Crippen MR) is 556 cm³/mol. The highest BCUT2D eigenvalue weighted by molar-refractivity contribution is 7.00. The summed E-state index contributed by atoms with van der Waals surface area (Å²) in [5, 5.41) is 1.66. The summed E-state index contributed by atoms with van der Waals surface area (Å²) >= 11 is 0. The molecule has 0 saturated carbocycles. The summed E-state index contributed by atoms with van der Waals surface area (Å²) in [7, 11) is 0. The van der Waals surface area contributed by atoms with Crippen LogP contribution in [-0.4, -0.2) is 20.4 Å². The van der Waals surface area contributed by atoms with Crippen LogP contribution < -0.4 is 26.2 Å². The molecule has 6 heteroatoms. The Bertz CT molecular complexity index is 8930. The molecular formula is C124H102BN5. The van der Waals surface area contributed by atoms with Gasteiger partial charge in [0.05, 0.1) is 60.7 Å². The average molecular weight is 1690 g/mol. The largest absolute Gasteiger partial charge is 0.311 e. The first kappa shape index (κ1) is 63.9. The zero-order valence-corrected chi connectivity index (χ0v) is 74.7. The number of rotatable bonds is 12. The molecule has 23 rings (SSSR count). The molecule has 0 aliphatic carbocycles. The normalized spacial score (nSPS) is 14.6. The van der Waals surface area contributed by atoms with Crippen molar-refractivity contribution in [1.82, 2.24) is 13.7 Å². The van der Waals surface area contributed by atoms with E-state index in [2.05, 4.69) is 196 Å². The minimum absolute atomic E-state index is 0.0368. The second kappa shape index (κ2) is 30.4. The summed E-state index contributed by atoms with van der Waals surface area (Å²) in [4.78, 5) is 4.25. The lowest BCUT2D eigenvalue weighted by Crippen LogP contribution is -2.61. The van der Waals surface area contributed by atoms with E-state index in [9.17, 15) is 21.9 Å². The van der Waals surface area contributed by atoms with Gasteiger partial charge in [-0.3, -0.25) is 0 Å². The number of fused-ring (bicyclic) bond motifs is 13. The molecule has 0 saturated heterocycles. The first-order valence-electron chi connectivity index (χ1n) is 52.8. The van der Waals surface area contributed by atoms with Crippen molar-refractivity contribution in [3.05, 3.63) is 422 Å². The van der Waals surface area contributed by atoms with Gasteiger partial charge in [-0.15, -0.1) is 0 Å². The van der Waals surface area contributed by atoms with Crippen molar-refractivity contribution in [2.75, 3.05) is 9.80 Å². The van der Waals surface area contributed by atoms with Crippen LogP contribution in [0.1, 0.15) is 127 Å². The van der Waals surface area contributed by atoms with Gasteiger partial charge in [0, 0.05) is 88.9 Å². The van der Waals surface area contributed by atoms with E-state index < -0.39 is 28.4 Å². The van der Waals surface area contributed by atoms with Crippen molar-refractivity contribution in [1.29, 1.82) is 0 Å². The fourth-order valence-electron chi connectivity index (χ4n) is 19.3. The van der Waals surface area contributed by atoms with E-state index in [0.29, 0.717) is 55.8 Å². The van der Waals surface area contributed by atoms with Crippen molar-refractivity contribution >= 4 is 123 Å². The third-order valence-electron chi connectivity index (χ3n) is 26.0. The van der Waals surface area contributed by atoms with E-state index in [1.54, 1.807) is 21.3 Å². The van der Waals surface area contributed by atoms with E-state index in [4.69, 9.17) is 0 Å². The number of para-hydroxylation sites is 3. The van der Waals surface area contributed by atoms with Gasteiger partial charge in [-0.25, -0.2) is 0 Å². The quantitative estimate of drug-likeness (QED) is 0.114. The van der Waals surface area contributed by atoms with Crippen LogP contribution in [0, 0.1) is 0 Å². The topological polar surface area (TPSA) is 21.3 Å². The fraction of sp³-hybridized carbons (Fsp3) is 0.129. The van der Waals surface area contributed by atoms with Crippen LogP contribution in [0.3, 0.4) is 0 Å². The summed E-state index contributed by atoms with van der Waals surface area (Å²) in [5.41, 5.74) is 14.4. The Morgan fingerprint density at radius 1 is 0.215 bits per heavy atom. The Kier molecular flexibility index (Phi) is 14.9. The Morgan fingerprint density at radius 3 is 1.02 bits per heavy atom. The van der Waals surface area contributed by atoms with Crippen LogP contribution in [0.4, 0.5) is 34.1 Å². The summed E-state index contributed by atoms with van der Waals surface area (Å²) in [6, 6.07) is 98.3. The summed E-state index contributed by atoms with van der Waals surface area (Å²) in [5.74, 6) is 0. The van der Waals surface area contributed by atoms with Crippen molar-refractivity contribution in [3.8, 4) is 95.0 Å². The number of hydrogen-bond acceptors (Lipinski definition) is 2. The molecule has 626 valence electrons. The Balaban J connectivity index is 0.944. The number of benzene rings is 18. The first-order valence-corrected chi connectivity index (χ1v) is 44.8. The lowest BCUT2D eigenvalue weighted by molar-refractivity contribution is 0.590. The highest BCUT2D eigenvalue weighted by Crippen LogP contribution is 2.54. The van der Waals surface area contributed by atoms with E-state index in [0.717, 1.165) is 88.7 Å². The summed E-state index contributed by atoms with van der Waals surface area (Å²) in [6.45, 7) is 21.1. The van der Waals surface area contributed by atoms with Crippen molar-refractivity contribution in [2.45, 2.75) is 105 Å². The zero-order chi connectivity index (χ0) is 102. The Morgan fingerprint density at radius 2 is 0.554 bits per heavy atom. The summed E-state index contributed by atoms with van der Waals surface area (Å²) in [6.07, 6.45) is 0. The first-order chi connectivity index (χ1) is 69.7. The average Bonchev–Trinajstić information content (AvgIpc) is 1.34. The summed E-state index contributed by atoms with van der Waals surface area (Å²) < 4.78 is 177. The zero-order valence-electron chi connectivity index (χ0n) is 90.7. The van der Waals surface area contributed by atoms with Crippen LogP contribution in [-0.2, 0) is 21.7 Å². The van der Waals surface area contributed by atoms with Crippen molar-refractivity contribution in [2.24, 2.45) is 0 Å². The van der Waals surface area contributed by atoms with Gasteiger partial charge in [-0.05, 0) is 248 Å². The Labute approximate surface area is 785 Å². The molecule has 2 aliphatic rings. The molecule has 0 spiro atoms. The molecule has 18 aromatic carbocycles. The molecule has 0 fully saturated rings. The number of nitrogens with zero attached hydrogens (tertiary/aromatic N) is 5. The van der Waals surface area contributed by atoms with Crippen molar-refractivity contribution < 1.29 is 21.9 Å². The maximum Gasteiger partial charge on any atom is 0.252 e. The Hall–Kier alpha value is -15.0. The lowest BCUT2D eigenvalue weighted by Gasteiger charge is -2.45. The van der Waals surface area contributed by atoms with Crippen LogP contribution in [0.2, 0.25) is 0 Å². The third kappa shape index (κ3) is 13.4. The van der Waals surface area contributed by atoms with Crippen LogP contribution in [0.25, 0.3) is 160 Å². The number of anilines is 6. The highest BCUT2D eigenvalue weighted by atomic mass is 15.2.